The summed E-state index contributed by atoms with van der Waals surface area (Å²) in [5.41, 5.74) is 1.73. The number of para-hydroxylation sites is 1. The summed E-state index contributed by atoms with van der Waals surface area (Å²) >= 11 is 0. The fourth-order valence-corrected chi connectivity index (χ4v) is 3.12. The fraction of sp³-hybridized carbons (Fsp3) is 0.0769. The van der Waals surface area contributed by atoms with Crippen LogP contribution >= 0.6 is 0 Å². The van der Waals surface area contributed by atoms with Gasteiger partial charge in [0.1, 0.15) is 4.90 Å². The Morgan fingerprint density at radius 2 is 2.00 bits per heavy atom. The van der Waals surface area contributed by atoms with Crippen molar-refractivity contribution in [3.8, 4) is 0 Å². The van der Waals surface area contributed by atoms with Gasteiger partial charge in [0.25, 0.3) is 10.0 Å². The maximum absolute atomic E-state index is 12.2. The number of H-pyrrole nitrogens is 1. The Hall–Kier alpha value is -2.41. The molecule has 1 aromatic carbocycles. The van der Waals surface area contributed by atoms with Gasteiger partial charge < -0.3 is 0 Å². The largest absolute Gasteiger partial charge is 0.281 e. The average molecular weight is 288 g/mol. The van der Waals surface area contributed by atoms with E-state index in [-0.39, 0.29) is 4.90 Å². The van der Waals surface area contributed by atoms with E-state index >= 15 is 0 Å². The SMILES string of the molecule is Cc1[nH]ncc1S(=O)(=O)Nc1cnc2ccccc2c1. The van der Waals surface area contributed by atoms with Crippen molar-refractivity contribution in [2.45, 2.75) is 11.8 Å². The number of sulfonamides is 1. The summed E-state index contributed by atoms with van der Waals surface area (Å²) in [6.45, 7) is 1.65. The van der Waals surface area contributed by atoms with Crippen molar-refractivity contribution in [2.75, 3.05) is 4.72 Å². The van der Waals surface area contributed by atoms with Gasteiger partial charge in [0, 0.05) is 5.39 Å². The molecule has 0 aliphatic heterocycles. The van der Waals surface area contributed by atoms with Crippen LogP contribution in [0, 0.1) is 6.92 Å². The Morgan fingerprint density at radius 1 is 1.20 bits per heavy atom. The Kier molecular flexibility index (Phi) is 2.90. The minimum absolute atomic E-state index is 0.130. The highest BCUT2D eigenvalue weighted by Crippen LogP contribution is 2.20. The van der Waals surface area contributed by atoms with Crippen molar-refractivity contribution >= 4 is 26.6 Å². The second kappa shape index (κ2) is 4.61. The molecule has 3 rings (SSSR count). The number of rotatable bonds is 3. The van der Waals surface area contributed by atoms with Crippen LogP contribution in [0.2, 0.25) is 0 Å². The molecule has 0 bridgehead atoms. The quantitative estimate of drug-likeness (QED) is 0.772. The predicted molar refractivity (Wildman–Crippen MR) is 75.9 cm³/mol. The van der Waals surface area contributed by atoms with Crippen molar-refractivity contribution in [1.29, 1.82) is 0 Å². The molecule has 0 aliphatic carbocycles. The Balaban J connectivity index is 1.99. The lowest BCUT2D eigenvalue weighted by atomic mass is 10.2. The van der Waals surface area contributed by atoms with Crippen molar-refractivity contribution < 1.29 is 8.42 Å². The van der Waals surface area contributed by atoms with E-state index in [1.165, 1.54) is 12.4 Å². The zero-order valence-corrected chi connectivity index (χ0v) is 11.5. The smallest absolute Gasteiger partial charge is 0.265 e. The van der Waals surface area contributed by atoms with Crippen LogP contribution in [-0.2, 0) is 10.0 Å². The van der Waals surface area contributed by atoms with Gasteiger partial charge >= 0.3 is 0 Å². The molecule has 0 saturated carbocycles. The van der Waals surface area contributed by atoms with Gasteiger partial charge in [-0.05, 0) is 19.1 Å². The molecule has 102 valence electrons. The third kappa shape index (κ3) is 2.23. The lowest BCUT2D eigenvalue weighted by Crippen LogP contribution is -2.13. The van der Waals surface area contributed by atoms with Crippen molar-refractivity contribution in [3.05, 3.63) is 48.4 Å². The highest BCUT2D eigenvalue weighted by molar-refractivity contribution is 7.92. The number of nitrogens with one attached hydrogen (secondary N) is 2. The van der Waals surface area contributed by atoms with E-state index < -0.39 is 10.0 Å². The van der Waals surface area contributed by atoms with E-state index in [0.717, 1.165) is 10.9 Å². The van der Waals surface area contributed by atoms with Crippen LogP contribution in [-0.4, -0.2) is 23.6 Å². The average Bonchev–Trinajstić information content (AvgIpc) is 2.85. The van der Waals surface area contributed by atoms with Crippen LogP contribution in [0.25, 0.3) is 10.9 Å². The first kappa shape index (κ1) is 12.6. The Morgan fingerprint density at radius 3 is 2.75 bits per heavy atom. The van der Waals surface area contributed by atoms with Crippen LogP contribution in [0.1, 0.15) is 5.69 Å². The van der Waals surface area contributed by atoms with Gasteiger partial charge in [0.15, 0.2) is 0 Å². The third-order valence-corrected chi connectivity index (χ3v) is 4.41. The van der Waals surface area contributed by atoms with Gasteiger partial charge in [-0.15, -0.1) is 0 Å². The number of nitrogens with zero attached hydrogens (tertiary/aromatic N) is 2. The predicted octanol–water partition coefficient (Wildman–Crippen LogP) is 2.07. The molecule has 2 aromatic heterocycles. The van der Waals surface area contributed by atoms with Gasteiger partial charge in [-0.25, -0.2) is 8.42 Å². The monoisotopic (exact) mass is 288 g/mol. The molecule has 0 fully saturated rings. The molecule has 2 heterocycles. The van der Waals surface area contributed by atoms with Crippen molar-refractivity contribution in [1.82, 2.24) is 15.2 Å². The maximum atomic E-state index is 12.2. The van der Waals surface area contributed by atoms with Crippen LogP contribution in [0.4, 0.5) is 5.69 Å². The van der Waals surface area contributed by atoms with E-state index in [0.29, 0.717) is 11.4 Å². The molecule has 20 heavy (non-hydrogen) atoms. The molecule has 6 nitrogen and oxygen atoms in total. The van der Waals surface area contributed by atoms with Crippen LogP contribution in [0.3, 0.4) is 0 Å². The van der Waals surface area contributed by atoms with E-state index in [1.54, 1.807) is 13.0 Å². The van der Waals surface area contributed by atoms with Crippen molar-refractivity contribution in [3.63, 3.8) is 0 Å². The topological polar surface area (TPSA) is 87.7 Å². The summed E-state index contributed by atoms with van der Waals surface area (Å²) in [5, 5.41) is 7.20. The first-order valence-corrected chi connectivity index (χ1v) is 7.42. The molecule has 0 spiro atoms. The molecule has 0 aliphatic rings. The van der Waals surface area contributed by atoms with E-state index in [1.807, 2.05) is 24.3 Å². The molecule has 3 aromatic rings. The number of aromatic nitrogens is 3. The fourth-order valence-electron chi connectivity index (χ4n) is 1.95. The number of anilines is 1. The lowest BCUT2D eigenvalue weighted by Gasteiger charge is -2.07. The minimum Gasteiger partial charge on any atom is -0.281 e. The number of pyridine rings is 1. The Labute approximate surface area is 115 Å². The van der Waals surface area contributed by atoms with Gasteiger partial charge in [-0.3, -0.25) is 14.8 Å². The molecule has 0 amide bonds. The van der Waals surface area contributed by atoms with E-state index in [2.05, 4.69) is 19.9 Å². The second-order valence-electron chi connectivity index (χ2n) is 4.38. The Bertz CT molecular complexity index is 871. The first-order chi connectivity index (χ1) is 9.56. The number of hydrogen-bond donors (Lipinski definition) is 2. The summed E-state index contributed by atoms with van der Waals surface area (Å²) in [4.78, 5) is 4.35. The van der Waals surface area contributed by atoms with Crippen LogP contribution < -0.4 is 4.72 Å². The number of fused-ring (bicyclic) bond motifs is 1. The molecule has 7 heteroatoms. The first-order valence-electron chi connectivity index (χ1n) is 5.94. The van der Waals surface area contributed by atoms with Gasteiger partial charge in [0.05, 0.1) is 29.3 Å². The molecule has 0 unspecified atom stereocenters. The standard InChI is InChI=1S/C13H12N4O2S/c1-9-13(8-15-16-9)20(18,19)17-11-6-10-4-2-3-5-12(10)14-7-11/h2-8,17H,1H3,(H,15,16). The van der Waals surface area contributed by atoms with Crippen LogP contribution in [0.5, 0.6) is 0 Å². The summed E-state index contributed by atoms with van der Waals surface area (Å²) in [5.74, 6) is 0. The molecule has 0 saturated heterocycles. The summed E-state index contributed by atoms with van der Waals surface area (Å²) in [7, 11) is -3.65. The molecule has 0 radical (unpaired) electrons. The highest BCUT2D eigenvalue weighted by Gasteiger charge is 2.18. The van der Waals surface area contributed by atoms with Gasteiger partial charge in [0.2, 0.25) is 0 Å². The maximum Gasteiger partial charge on any atom is 0.265 e. The zero-order chi connectivity index (χ0) is 14.2. The summed E-state index contributed by atoms with van der Waals surface area (Å²) in [6, 6.07) is 9.25. The highest BCUT2D eigenvalue weighted by atomic mass is 32.2. The summed E-state index contributed by atoms with van der Waals surface area (Å²) in [6.07, 6.45) is 2.78. The molecule has 0 atom stereocenters. The summed E-state index contributed by atoms with van der Waals surface area (Å²) < 4.78 is 26.9. The van der Waals surface area contributed by atoms with Gasteiger partial charge in [-0.1, -0.05) is 18.2 Å². The number of aromatic amines is 1. The third-order valence-electron chi connectivity index (χ3n) is 2.92. The zero-order valence-electron chi connectivity index (χ0n) is 10.7. The number of hydrogen-bond acceptors (Lipinski definition) is 4. The van der Waals surface area contributed by atoms with E-state index in [9.17, 15) is 8.42 Å². The molecule has 2 N–H and O–H groups in total. The normalized spacial score (nSPS) is 11.7. The number of benzene rings is 1. The van der Waals surface area contributed by atoms with Crippen LogP contribution in [0.15, 0.2) is 47.6 Å². The number of aryl methyl sites for hydroxylation is 1. The second-order valence-corrected chi connectivity index (χ2v) is 6.03. The minimum atomic E-state index is -3.65. The van der Waals surface area contributed by atoms with Gasteiger partial charge in [-0.2, -0.15) is 5.10 Å². The molecular formula is C13H12N4O2S. The van der Waals surface area contributed by atoms with Crippen molar-refractivity contribution in [2.24, 2.45) is 0 Å². The lowest BCUT2D eigenvalue weighted by molar-refractivity contribution is 0.600. The molecular weight excluding hydrogens is 276 g/mol. The van der Waals surface area contributed by atoms with E-state index in [4.69, 9.17) is 0 Å².